The highest BCUT2D eigenvalue weighted by Gasteiger charge is 2.23. The van der Waals surface area contributed by atoms with Crippen molar-refractivity contribution in [3.8, 4) is 67.2 Å². The van der Waals surface area contributed by atoms with Crippen LogP contribution < -0.4 is 17.1 Å². The second kappa shape index (κ2) is 19.6. The predicted octanol–water partition coefficient (Wildman–Crippen LogP) is 10.4. The molecule has 0 fully saturated rings. The summed E-state index contributed by atoms with van der Waals surface area (Å²) in [6.07, 6.45) is 7.32. The number of hydrogen-bond acceptors (Lipinski definition) is 9. The number of aromatic amines is 6. The van der Waals surface area contributed by atoms with Crippen molar-refractivity contribution in [2.45, 2.75) is 0 Å². The Kier molecular flexibility index (Phi) is 12.6. The number of halogens is 7. The number of benzene rings is 3. The van der Waals surface area contributed by atoms with Crippen molar-refractivity contribution in [2.24, 2.45) is 0 Å². The van der Waals surface area contributed by atoms with Gasteiger partial charge in [-0.2, -0.15) is 0 Å². The Balaban J connectivity index is 0.000000126. The van der Waals surface area contributed by atoms with E-state index in [-0.39, 0.29) is 56.1 Å². The molecule has 15 nitrogen and oxygen atoms in total. The van der Waals surface area contributed by atoms with E-state index < -0.39 is 51.8 Å². The van der Waals surface area contributed by atoms with E-state index in [1.807, 2.05) is 0 Å². The number of nitrogens with one attached hydrogen (secondary N) is 6. The number of rotatable bonds is 6. The van der Waals surface area contributed by atoms with Gasteiger partial charge < -0.3 is 15.0 Å². The van der Waals surface area contributed by atoms with E-state index >= 15 is 0 Å². The van der Waals surface area contributed by atoms with Crippen LogP contribution in [0.3, 0.4) is 0 Å². The Hall–Kier alpha value is -9.76. The Morgan fingerprint density at radius 1 is 0.356 bits per heavy atom. The molecule has 22 heteroatoms. The van der Waals surface area contributed by atoms with Crippen molar-refractivity contribution in [3.05, 3.63) is 212 Å². The molecule has 6 N–H and O–H groups in total. The summed E-state index contributed by atoms with van der Waals surface area (Å²) in [4.78, 5) is 74.0. The van der Waals surface area contributed by atoms with Crippen LogP contribution in [0.5, 0.6) is 0 Å². The fourth-order valence-electron chi connectivity index (χ4n) is 7.93. The Morgan fingerprint density at radius 3 is 1.15 bits per heavy atom. The van der Waals surface area contributed by atoms with Gasteiger partial charge in [-0.05, 0) is 66.7 Å². The third-order valence-corrected chi connectivity index (χ3v) is 11.4. The quantitative estimate of drug-likeness (QED) is 0.0871. The molecule has 0 saturated carbocycles. The van der Waals surface area contributed by atoms with Crippen molar-refractivity contribution in [1.29, 1.82) is 0 Å². The minimum absolute atomic E-state index is 0.00449. The summed E-state index contributed by atoms with van der Waals surface area (Å²) in [7, 11) is 0. The van der Waals surface area contributed by atoms with Gasteiger partial charge >= 0.3 is 17.1 Å². The first-order chi connectivity index (χ1) is 35.3. The maximum absolute atomic E-state index is 14.3. The minimum atomic E-state index is -0.920. The molecule has 360 valence electrons. The summed E-state index contributed by atoms with van der Waals surface area (Å²) in [6, 6.07) is 26.0. The molecule has 73 heavy (non-hydrogen) atoms. The van der Waals surface area contributed by atoms with Crippen LogP contribution in [0.1, 0.15) is 0 Å². The average molecular weight is 1010 g/mol. The van der Waals surface area contributed by atoms with Gasteiger partial charge in [0.25, 0.3) is 0 Å². The van der Waals surface area contributed by atoms with Crippen LogP contribution in [0, 0.1) is 34.9 Å². The first kappa shape index (κ1) is 46.9. The van der Waals surface area contributed by atoms with E-state index in [0.29, 0.717) is 49.7 Å². The monoisotopic (exact) mass is 1010 g/mol. The fourth-order valence-corrected chi connectivity index (χ4v) is 8.15. The molecule has 0 bridgehead atoms. The van der Waals surface area contributed by atoms with Crippen LogP contribution in [0.2, 0.25) is 5.02 Å². The molecule has 0 unspecified atom stereocenters. The third kappa shape index (κ3) is 9.37. The van der Waals surface area contributed by atoms with Crippen molar-refractivity contribution >= 4 is 45.1 Å². The second-order valence-electron chi connectivity index (χ2n) is 15.7. The van der Waals surface area contributed by atoms with Gasteiger partial charge in [-0.1, -0.05) is 48.0 Å². The van der Waals surface area contributed by atoms with Crippen molar-refractivity contribution in [3.63, 3.8) is 0 Å². The Morgan fingerprint density at radius 2 is 0.726 bits per heavy atom. The largest absolute Gasteiger partial charge is 0.325 e. The average Bonchev–Trinajstić information content (AvgIpc) is 4.06. The molecule has 0 atom stereocenters. The van der Waals surface area contributed by atoms with E-state index in [1.165, 1.54) is 54.9 Å². The summed E-state index contributed by atoms with van der Waals surface area (Å²) in [5, 5.41) is 0.411. The number of H-pyrrole nitrogens is 6. The van der Waals surface area contributed by atoms with E-state index in [4.69, 9.17) is 11.6 Å². The van der Waals surface area contributed by atoms with Crippen LogP contribution in [-0.2, 0) is 0 Å². The first-order valence-electron chi connectivity index (χ1n) is 21.4. The van der Waals surface area contributed by atoms with Crippen LogP contribution in [0.15, 0.2) is 155 Å². The topological polar surface area (TPSA) is 223 Å². The van der Waals surface area contributed by atoms with Crippen molar-refractivity contribution < 1.29 is 26.3 Å². The molecule has 12 aromatic rings. The molecule has 9 aromatic heterocycles. The first-order valence-corrected chi connectivity index (χ1v) is 21.8. The maximum atomic E-state index is 14.3. The van der Waals surface area contributed by atoms with Gasteiger partial charge in [0.15, 0.2) is 28.6 Å². The van der Waals surface area contributed by atoms with Gasteiger partial charge in [-0.25, -0.2) is 55.7 Å². The molecule has 0 radical (unpaired) electrons. The molecule has 0 spiro atoms. The molecular formula is C51H29ClF6N12O3. The highest BCUT2D eigenvalue weighted by Crippen LogP contribution is 2.39. The summed E-state index contributed by atoms with van der Waals surface area (Å²) >= 11 is 6.25. The predicted molar refractivity (Wildman–Crippen MR) is 261 cm³/mol. The molecule has 12 rings (SSSR count). The number of aromatic nitrogens is 12. The zero-order valence-corrected chi connectivity index (χ0v) is 37.6. The molecule has 3 aromatic carbocycles. The lowest BCUT2D eigenvalue weighted by Gasteiger charge is -2.11. The van der Waals surface area contributed by atoms with Gasteiger partial charge in [0.05, 0.1) is 62.8 Å². The summed E-state index contributed by atoms with van der Waals surface area (Å²) < 4.78 is 85.5. The zero-order chi connectivity index (χ0) is 50.9. The molecule has 0 saturated heterocycles. The van der Waals surface area contributed by atoms with Gasteiger partial charge in [0.1, 0.15) is 23.3 Å². The van der Waals surface area contributed by atoms with Gasteiger partial charge in [-0.3, -0.25) is 29.9 Å². The highest BCUT2D eigenvalue weighted by atomic mass is 35.5. The fraction of sp³-hybridized carbons (Fsp3) is 0. The lowest BCUT2D eigenvalue weighted by atomic mass is 9.98. The van der Waals surface area contributed by atoms with E-state index in [1.54, 1.807) is 66.9 Å². The van der Waals surface area contributed by atoms with E-state index in [9.17, 15) is 40.7 Å². The van der Waals surface area contributed by atoms with Crippen LogP contribution >= 0.6 is 11.6 Å². The van der Waals surface area contributed by atoms with Crippen molar-refractivity contribution in [1.82, 2.24) is 59.8 Å². The standard InChI is InChI=1S/C17H10ClFN4O.C17H9F3N4O.C17H10F2N4O/c18-12-8-20-6-5-9(12)11-7-14-16(23-17(24)21-14)22-15(11)10-3-1-2-4-13(10)19;18-10-4-2-1-3-8(10)15-9(14-11(19)6-21-7-12(14)20)5-13-16(23-15)24-17(25)22-13;18-12-4-2-1-3-10(12)15-11(9-5-6-20-8-13(9)19)7-14-16(22-15)23-17(24)21-14/h1-8H,(H2,21,22,23,24);1-7H,(H2,22,23,24,25);1-8H,(H2,21,22,23,24). The second-order valence-corrected chi connectivity index (χ2v) is 16.1. The molecular weight excluding hydrogens is 978 g/mol. The van der Waals surface area contributed by atoms with Gasteiger partial charge in [0, 0.05) is 63.1 Å². The number of fused-ring (bicyclic) bond motifs is 3. The Bertz CT molecular complexity index is 3890. The van der Waals surface area contributed by atoms with Crippen LogP contribution in [-0.4, -0.2) is 59.8 Å². The third-order valence-electron chi connectivity index (χ3n) is 11.1. The highest BCUT2D eigenvalue weighted by molar-refractivity contribution is 6.33. The van der Waals surface area contributed by atoms with E-state index in [2.05, 4.69) is 59.8 Å². The maximum Gasteiger partial charge on any atom is 0.325 e. The van der Waals surface area contributed by atoms with Crippen LogP contribution in [0.4, 0.5) is 26.3 Å². The summed E-state index contributed by atoms with van der Waals surface area (Å²) in [6.45, 7) is 0. The molecule has 0 aliphatic carbocycles. The number of hydrogen-bond donors (Lipinski definition) is 6. The Labute approximate surface area is 408 Å². The lowest BCUT2D eigenvalue weighted by Crippen LogP contribution is -1.99. The smallest absolute Gasteiger partial charge is 0.304 e. The number of imidazole rings is 3. The molecule has 9 heterocycles. The molecule has 0 aliphatic rings. The zero-order valence-electron chi connectivity index (χ0n) is 36.8. The molecule has 0 aliphatic heterocycles. The number of pyridine rings is 6. The normalized spacial score (nSPS) is 11.1. The lowest BCUT2D eigenvalue weighted by molar-refractivity contribution is 0.579. The minimum Gasteiger partial charge on any atom is -0.304 e. The van der Waals surface area contributed by atoms with Gasteiger partial charge in [0.2, 0.25) is 0 Å². The summed E-state index contributed by atoms with van der Waals surface area (Å²) in [5.74, 6) is -3.91. The number of nitrogens with zero attached hydrogens (tertiary/aromatic N) is 6. The van der Waals surface area contributed by atoms with E-state index in [0.717, 1.165) is 18.6 Å². The van der Waals surface area contributed by atoms with Gasteiger partial charge in [-0.15, -0.1) is 0 Å². The van der Waals surface area contributed by atoms with Crippen LogP contribution in [0.25, 0.3) is 101 Å². The van der Waals surface area contributed by atoms with Crippen molar-refractivity contribution in [2.75, 3.05) is 0 Å². The summed E-state index contributed by atoms with van der Waals surface area (Å²) in [5.41, 5.74) is 3.28. The molecule has 0 amide bonds. The SMILES string of the molecule is O=c1[nH]c2cc(-c3c(F)cncc3F)c(-c3ccccc3F)nc2[nH]1.O=c1[nH]c2cc(-c3ccncc3Cl)c(-c3ccccc3F)nc2[nH]1.O=c1[nH]c2cc(-c3ccncc3F)c(-c3ccccc3F)nc2[nH]1.